The van der Waals surface area contributed by atoms with Gasteiger partial charge in [0.15, 0.2) is 0 Å². The highest BCUT2D eigenvalue weighted by Crippen LogP contribution is 2.38. The zero-order chi connectivity index (χ0) is 34.7. The summed E-state index contributed by atoms with van der Waals surface area (Å²) in [6.45, 7) is 6.10. The Labute approximate surface area is 292 Å². The van der Waals surface area contributed by atoms with Crippen LogP contribution in [0.5, 0.6) is 0 Å². The maximum absolute atomic E-state index is 14.0. The second-order valence-corrected chi connectivity index (χ2v) is 14.2. The zero-order valence-corrected chi connectivity index (χ0v) is 29.0. The van der Waals surface area contributed by atoms with E-state index in [2.05, 4.69) is 36.8 Å². The van der Waals surface area contributed by atoms with Crippen LogP contribution in [0, 0.1) is 0 Å². The van der Waals surface area contributed by atoms with Gasteiger partial charge < -0.3 is 36.4 Å². The number of carbonyl (C=O) groups excluding carboxylic acids is 3. The van der Waals surface area contributed by atoms with Gasteiger partial charge in [-0.25, -0.2) is 9.59 Å². The number of piperazine rings is 1. The van der Waals surface area contributed by atoms with Crippen LogP contribution in [-0.2, 0) is 23.8 Å². The molecule has 3 fully saturated rings. The second kappa shape index (κ2) is 15.1. The molecule has 4 heterocycles. The Balaban J connectivity index is 1.12. The third kappa shape index (κ3) is 8.26. The molecule has 0 aromatic heterocycles. The molecule has 0 aliphatic carbocycles. The number of hydrogen-bond donors (Lipinski definition) is 4. The summed E-state index contributed by atoms with van der Waals surface area (Å²) in [6, 6.07) is 8.79. The molecule has 0 radical (unpaired) electrons. The van der Waals surface area contributed by atoms with Crippen molar-refractivity contribution in [2.45, 2.75) is 62.8 Å². The molecule has 0 spiro atoms. The first-order valence-electron chi connectivity index (χ1n) is 17.1. The van der Waals surface area contributed by atoms with Crippen molar-refractivity contribution in [2.24, 2.45) is 0 Å². The molecule has 4 aliphatic heterocycles. The van der Waals surface area contributed by atoms with E-state index in [0.29, 0.717) is 51.6 Å². The van der Waals surface area contributed by atoms with Gasteiger partial charge in [0, 0.05) is 87.6 Å². The van der Waals surface area contributed by atoms with E-state index >= 15 is 0 Å². The van der Waals surface area contributed by atoms with Crippen LogP contribution in [0.25, 0.3) is 0 Å². The van der Waals surface area contributed by atoms with E-state index in [1.807, 2.05) is 29.2 Å². The summed E-state index contributed by atoms with van der Waals surface area (Å²) in [7, 11) is 0. The van der Waals surface area contributed by atoms with Crippen LogP contribution in [0.2, 0.25) is 0 Å². The summed E-state index contributed by atoms with van der Waals surface area (Å²) < 4.78 is 41.6. The highest BCUT2D eigenvalue weighted by atomic mass is 79.9. The number of likely N-dealkylation sites (tertiary alicyclic amines) is 2. The number of hydrogen-bond acceptors (Lipinski definition) is 6. The molecule has 49 heavy (non-hydrogen) atoms. The van der Waals surface area contributed by atoms with Crippen molar-refractivity contribution in [1.82, 2.24) is 30.2 Å². The van der Waals surface area contributed by atoms with E-state index in [-0.39, 0.29) is 34.4 Å². The van der Waals surface area contributed by atoms with E-state index in [9.17, 15) is 27.6 Å². The highest BCUT2D eigenvalue weighted by molar-refractivity contribution is 9.10. The third-order valence-electron chi connectivity index (χ3n) is 10.3. The molecule has 5 amide bonds. The number of nitrogens with two attached hydrogens (primary N) is 1. The van der Waals surface area contributed by atoms with E-state index in [1.165, 1.54) is 6.07 Å². The molecule has 266 valence electrons. The van der Waals surface area contributed by atoms with Crippen molar-refractivity contribution in [2.75, 3.05) is 70.0 Å². The van der Waals surface area contributed by atoms with E-state index in [1.54, 1.807) is 9.80 Å². The highest BCUT2D eigenvalue weighted by Gasteiger charge is 2.37. The van der Waals surface area contributed by atoms with Crippen molar-refractivity contribution in [3.8, 4) is 0 Å². The van der Waals surface area contributed by atoms with Crippen LogP contribution in [0.4, 0.5) is 34.1 Å². The molecule has 11 nitrogen and oxygen atoms in total. The first-order valence-corrected chi connectivity index (χ1v) is 17.9. The van der Waals surface area contributed by atoms with Crippen molar-refractivity contribution >= 4 is 45.3 Å². The first-order chi connectivity index (χ1) is 23.5. The van der Waals surface area contributed by atoms with E-state index in [0.717, 1.165) is 62.8 Å². The lowest BCUT2D eigenvalue weighted by Gasteiger charge is -2.41. The maximum atomic E-state index is 14.0. The minimum absolute atomic E-state index is 0.0549. The summed E-state index contributed by atoms with van der Waals surface area (Å²) in [5.74, 6) is -0.315. The Kier molecular flexibility index (Phi) is 10.9. The predicted molar refractivity (Wildman–Crippen MR) is 184 cm³/mol. The number of benzene rings is 2. The number of nitrogens with one attached hydrogen (secondary N) is 3. The van der Waals surface area contributed by atoms with Gasteiger partial charge >= 0.3 is 18.2 Å². The van der Waals surface area contributed by atoms with Gasteiger partial charge in [-0.2, -0.15) is 13.2 Å². The maximum Gasteiger partial charge on any atom is 0.418 e. The monoisotopic (exact) mass is 748 g/mol. The van der Waals surface area contributed by atoms with Crippen LogP contribution in [0.1, 0.15) is 42.4 Å². The lowest BCUT2D eigenvalue weighted by Crippen LogP contribution is -2.58. The molecule has 3 saturated heterocycles. The predicted octanol–water partition coefficient (Wildman–Crippen LogP) is 4.12. The van der Waals surface area contributed by atoms with Crippen molar-refractivity contribution < 1.29 is 27.6 Å². The number of nitrogen functional groups attached to an aromatic ring is 1. The van der Waals surface area contributed by atoms with Crippen molar-refractivity contribution in [1.29, 1.82) is 0 Å². The number of fused-ring (bicyclic) bond motifs is 1. The average Bonchev–Trinajstić information content (AvgIpc) is 3.27. The van der Waals surface area contributed by atoms with Gasteiger partial charge in [0.1, 0.15) is 6.04 Å². The van der Waals surface area contributed by atoms with Crippen molar-refractivity contribution in [3.63, 3.8) is 0 Å². The quantitative estimate of drug-likeness (QED) is 0.330. The van der Waals surface area contributed by atoms with Gasteiger partial charge in [-0.05, 0) is 77.4 Å². The Morgan fingerprint density at radius 1 is 0.939 bits per heavy atom. The lowest BCUT2D eigenvalue weighted by atomic mass is 9.98. The van der Waals surface area contributed by atoms with Crippen molar-refractivity contribution in [3.05, 3.63) is 57.6 Å². The summed E-state index contributed by atoms with van der Waals surface area (Å²) in [5.41, 5.74) is 6.45. The van der Waals surface area contributed by atoms with Gasteiger partial charge in [0.05, 0.1) is 11.3 Å². The smallest absolute Gasteiger partial charge is 0.397 e. The van der Waals surface area contributed by atoms with Crippen LogP contribution in [0.15, 0.2) is 40.9 Å². The molecule has 0 saturated carbocycles. The van der Waals surface area contributed by atoms with Gasteiger partial charge in [-0.3, -0.25) is 9.69 Å². The van der Waals surface area contributed by atoms with Crippen LogP contribution >= 0.6 is 15.9 Å². The van der Waals surface area contributed by atoms with Gasteiger partial charge in [-0.1, -0.05) is 18.2 Å². The van der Waals surface area contributed by atoms with Gasteiger partial charge in [0.2, 0.25) is 5.91 Å². The average molecular weight is 750 g/mol. The zero-order valence-electron chi connectivity index (χ0n) is 27.4. The Hall–Kier alpha value is -3.56. The fourth-order valence-corrected chi connectivity index (χ4v) is 8.05. The summed E-state index contributed by atoms with van der Waals surface area (Å²) in [6.07, 6.45) is -1.38. The first kappa shape index (κ1) is 35.3. The molecule has 2 aromatic rings. The topological polar surface area (TPSA) is 126 Å². The second-order valence-electron chi connectivity index (χ2n) is 13.3. The number of para-hydroxylation sites is 1. The minimum atomic E-state index is -4.69. The number of halogens is 4. The molecular weight excluding hydrogens is 705 g/mol. The number of carbonyl (C=O) groups is 3. The van der Waals surface area contributed by atoms with Gasteiger partial charge in [-0.15, -0.1) is 0 Å². The molecule has 5 N–H and O–H groups in total. The largest absolute Gasteiger partial charge is 0.418 e. The SMILES string of the molecule is Nc1c(Br)cc(C[C@@H](NC(=O)N2CCC(N3CCc4ccccc4NC3=O)CC2)C(=O)N2CCC(N3CCNCC3)CC2)cc1C(F)(F)F. The Bertz CT molecular complexity index is 1520. The molecule has 1 atom stereocenters. The number of urea groups is 2. The molecule has 0 bridgehead atoms. The fraction of sp³-hybridized carbons (Fsp3) is 0.559. The molecule has 2 aromatic carbocycles. The molecule has 6 rings (SSSR count). The van der Waals surface area contributed by atoms with Crippen LogP contribution < -0.4 is 21.7 Å². The molecule has 4 aliphatic rings. The summed E-state index contributed by atoms with van der Waals surface area (Å²) in [4.78, 5) is 48.4. The fourth-order valence-electron chi connectivity index (χ4n) is 7.54. The lowest BCUT2D eigenvalue weighted by molar-refractivity contribution is -0.137. The Morgan fingerprint density at radius 3 is 2.29 bits per heavy atom. The molecule has 0 unspecified atom stereocenters. The summed E-state index contributed by atoms with van der Waals surface area (Å²) >= 11 is 3.15. The number of anilines is 2. The standard InChI is InChI=1S/C34H44BrF3N8O3/c35-27-20-22(19-26(30(27)39)34(36,37)38)21-29(31(47)44-12-6-24(7-13-44)43-17-10-40-11-18-43)42-32(48)45-14-8-25(9-15-45)46-16-5-23-3-1-2-4-28(23)41-33(46)49/h1-4,19-20,24-25,29,40H,5-18,21,39H2,(H,41,49)(H,42,48)/t29-/m1/s1. The normalized spacial score (nSPS) is 20.7. The Morgan fingerprint density at radius 2 is 1.59 bits per heavy atom. The number of piperidine rings is 2. The minimum Gasteiger partial charge on any atom is -0.397 e. The number of rotatable bonds is 6. The van der Waals surface area contributed by atoms with E-state index in [4.69, 9.17) is 5.73 Å². The van der Waals surface area contributed by atoms with Crippen LogP contribution in [0.3, 0.4) is 0 Å². The third-order valence-corrected chi connectivity index (χ3v) is 11.0. The van der Waals surface area contributed by atoms with Gasteiger partial charge in [0.25, 0.3) is 0 Å². The van der Waals surface area contributed by atoms with Crippen LogP contribution in [-0.4, -0.2) is 115 Å². The number of amides is 5. The number of nitrogens with zero attached hydrogens (tertiary/aromatic N) is 4. The molecule has 15 heteroatoms. The molecular formula is C34H44BrF3N8O3. The number of alkyl halides is 3. The summed E-state index contributed by atoms with van der Waals surface area (Å²) in [5, 5.41) is 9.24. The van der Waals surface area contributed by atoms with E-state index < -0.39 is 29.5 Å².